The Labute approximate surface area is 203 Å². The third-order valence-corrected chi connectivity index (χ3v) is 5.68. The fraction of sp³-hybridized carbons (Fsp3) is 0.318. The predicted molar refractivity (Wildman–Crippen MR) is 120 cm³/mol. The highest BCUT2D eigenvalue weighted by Gasteiger charge is 2.47. The first kappa shape index (κ1) is 24.2. The third kappa shape index (κ3) is 5.41. The van der Waals surface area contributed by atoms with Gasteiger partial charge in [0.1, 0.15) is 11.8 Å². The van der Waals surface area contributed by atoms with E-state index >= 15 is 0 Å². The van der Waals surface area contributed by atoms with E-state index in [0.717, 1.165) is 4.90 Å². The van der Waals surface area contributed by atoms with Gasteiger partial charge in [0.15, 0.2) is 6.10 Å². The average Bonchev–Trinajstić information content (AvgIpc) is 3.17. The van der Waals surface area contributed by atoms with Crippen molar-refractivity contribution in [3.05, 3.63) is 47.2 Å². The molecule has 0 radical (unpaired) electrons. The number of likely N-dealkylation sites (tertiary alicyclic amines) is 1. The second kappa shape index (κ2) is 9.71. The Morgan fingerprint density at radius 1 is 1.34 bits per heavy atom. The standard InChI is InChI=1S/C22H19ClF2N6O4/c23-12-1-2-17-15(5-12)28-9-18(35-17)21(34)30-16-8-27-4-3-14(16)20(33)29-10-19(32)31-11-22(24,25)6-13(31)7-26/h1-5,8,13,18,28H,6,9-11H2,(H,29,33)(H,30,34). The minimum absolute atomic E-state index is 0.000635. The Hall–Kier alpha value is -3.98. The first-order valence-corrected chi connectivity index (χ1v) is 10.8. The van der Waals surface area contributed by atoms with E-state index in [1.165, 1.54) is 18.5 Å². The Bertz CT molecular complexity index is 1220. The molecule has 182 valence electrons. The van der Waals surface area contributed by atoms with E-state index in [4.69, 9.17) is 21.6 Å². The number of carbonyl (C=O) groups excluding carboxylic acids is 3. The summed E-state index contributed by atoms with van der Waals surface area (Å²) >= 11 is 5.95. The summed E-state index contributed by atoms with van der Waals surface area (Å²) in [4.78, 5) is 42.4. The summed E-state index contributed by atoms with van der Waals surface area (Å²) in [5.74, 6) is -4.83. The van der Waals surface area contributed by atoms with Crippen molar-refractivity contribution in [1.82, 2.24) is 15.2 Å². The molecule has 0 spiro atoms. The molecular weight excluding hydrogens is 486 g/mol. The van der Waals surface area contributed by atoms with Crippen LogP contribution < -0.4 is 20.7 Å². The zero-order valence-electron chi connectivity index (χ0n) is 18.1. The Balaban J connectivity index is 1.38. The number of hydrogen-bond donors (Lipinski definition) is 3. The number of nitrogens with zero attached hydrogens (tertiary/aromatic N) is 3. The van der Waals surface area contributed by atoms with E-state index in [1.807, 2.05) is 0 Å². The predicted octanol–water partition coefficient (Wildman–Crippen LogP) is 2.04. The van der Waals surface area contributed by atoms with Crippen molar-refractivity contribution in [3.63, 3.8) is 0 Å². The highest BCUT2D eigenvalue weighted by Crippen LogP contribution is 2.32. The Kier molecular flexibility index (Phi) is 6.70. The number of anilines is 2. The minimum atomic E-state index is -3.16. The zero-order chi connectivity index (χ0) is 25.2. The fourth-order valence-electron chi connectivity index (χ4n) is 3.74. The van der Waals surface area contributed by atoms with Gasteiger partial charge in [-0.1, -0.05) is 11.6 Å². The molecule has 13 heteroatoms. The van der Waals surface area contributed by atoms with E-state index in [-0.39, 0.29) is 17.8 Å². The van der Waals surface area contributed by atoms with Crippen LogP contribution in [0.15, 0.2) is 36.7 Å². The third-order valence-electron chi connectivity index (χ3n) is 5.44. The molecule has 1 aromatic carbocycles. The molecule has 2 unspecified atom stereocenters. The van der Waals surface area contributed by atoms with Crippen molar-refractivity contribution in [1.29, 1.82) is 5.26 Å². The molecule has 1 saturated heterocycles. The number of amides is 3. The van der Waals surface area contributed by atoms with E-state index in [2.05, 4.69) is 20.9 Å². The van der Waals surface area contributed by atoms with Gasteiger partial charge in [0.05, 0.1) is 48.8 Å². The van der Waals surface area contributed by atoms with Crippen LogP contribution in [0.1, 0.15) is 16.8 Å². The van der Waals surface area contributed by atoms with E-state index < -0.39 is 55.3 Å². The first-order chi connectivity index (χ1) is 16.7. The number of halogens is 3. The lowest BCUT2D eigenvalue weighted by atomic mass is 10.2. The second-order valence-corrected chi connectivity index (χ2v) is 8.38. The van der Waals surface area contributed by atoms with Gasteiger partial charge in [-0.2, -0.15) is 5.26 Å². The van der Waals surface area contributed by atoms with Crippen molar-refractivity contribution in [2.45, 2.75) is 24.5 Å². The van der Waals surface area contributed by atoms with Gasteiger partial charge in [0.2, 0.25) is 5.91 Å². The minimum Gasteiger partial charge on any atom is -0.477 e. The summed E-state index contributed by atoms with van der Waals surface area (Å²) in [7, 11) is 0. The van der Waals surface area contributed by atoms with Crippen LogP contribution in [0.3, 0.4) is 0 Å². The summed E-state index contributed by atoms with van der Waals surface area (Å²) in [6.07, 6.45) is 0.906. The van der Waals surface area contributed by atoms with Crippen LogP contribution in [-0.4, -0.2) is 65.3 Å². The van der Waals surface area contributed by atoms with Crippen molar-refractivity contribution in [2.75, 3.05) is 30.3 Å². The van der Waals surface area contributed by atoms with Crippen LogP contribution >= 0.6 is 11.6 Å². The summed E-state index contributed by atoms with van der Waals surface area (Å²) in [5, 5.41) is 17.5. The number of pyridine rings is 1. The SMILES string of the molecule is N#CC1CC(F)(F)CN1C(=O)CNC(=O)c1ccncc1NC(=O)C1CNc2cc(Cl)ccc2O1. The number of alkyl halides is 2. The monoisotopic (exact) mass is 504 g/mol. The van der Waals surface area contributed by atoms with Gasteiger partial charge < -0.3 is 25.6 Å². The normalized spacial score (nSPS) is 20.0. The van der Waals surface area contributed by atoms with Gasteiger partial charge in [-0.25, -0.2) is 8.78 Å². The number of benzene rings is 1. The lowest BCUT2D eigenvalue weighted by molar-refractivity contribution is -0.131. The molecule has 3 amide bonds. The summed E-state index contributed by atoms with van der Waals surface area (Å²) in [6.45, 7) is -1.34. The molecule has 1 aromatic heterocycles. The number of ether oxygens (including phenoxy) is 1. The molecule has 2 aliphatic heterocycles. The number of nitrogens with one attached hydrogen (secondary N) is 3. The molecule has 10 nitrogen and oxygen atoms in total. The molecule has 35 heavy (non-hydrogen) atoms. The lowest BCUT2D eigenvalue weighted by Crippen LogP contribution is -2.43. The summed E-state index contributed by atoms with van der Waals surface area (Å²) in [5.41, 5.74) is 0.707. The van der Waals surface area contributed by atoms with Gasteiger partial charge in [-0.05, 0) is 24.3 Å². The quantitative estimate of drug-likeness (QED) is 0.566. The maximum absolute atomic E-state index is 13.6. The van der Waals surface area contributed by atoms with Gasteiger partial charge in [-0.3, -0.25) is 19.4 Å². The first-order valence-electron chi connectivity index (χ1n) is 10.5. The molecule has 0 bridgehead atoms. The molecule has 1 fully saturated rings. The highest BCUT2D eigenvalue weighted by molar-refractivity contribution is 6.31. The second-order valence-electron chi connectivity index (χ2n) is 7.95. The average molecular weight is 505 g/mol. The zero-order valence-corrected chi connectivity index (χ0v) is 18.8. The molecule has 3 heterocycles. The Morgan fingerprint density at radius 2 is 2.14 bits per heavy atom. The molecule has 2 aliphatic rings. The number of aromatic nitrogens is 1. The number of carbonyl (C=O) groups is 3. The molecule has 0 saturated carbocycles. The van der Waals surface area contributed by atoms with Crippen LogP contribution in [0.5, 0.6) is 5.75 Å². The molecule has 2 aromatic rings. The molecule has 2 atom stereocenters. The van der Waals surface area contributed by atoms with Gasteiger partial charge in [-0.15, -0.1) is 0 Å². The van der Waals surface area contributed by atoms with Crippen molar-refractivity contribution in [3.8, 4) is 11.8 Å². The van der Waals surface area contributed by atoms with Crippen LogP contribution in [0, 0.1) is 11.3 Å². The summed E-state index contributed by atoms with van der Waals surface area (Å²) < 4.78 is 32.9. The summed E-state index contributed by atoms with van der Waals surface area (Å²) in [6, 6.07) is 6.64. The van der Waals surface area contributed by atoms with Crippen molar-refractivity contribution >= 4 is 40.7 Å². The molecule has 0 aliphatic carbocycles. The van der Waals surface area contributed by atoms with Gasteiger partial charge in [0, 0.05) is 17.6 Å². The smallest absolute Gasteiger partial charge is 0.268 e. The highest BCUT2D eigenvalue weighted by atomic mass is 35.5. The van der Waals surface area contributed by atoms with E-state index in [1.54, 1.807) is 24.3 Å². The number of nitriles is 1. The topological polar surface area (TPSA) is 136 Å². The lowest BCUT2D eigenvalue weighted by Gasteiger charge is -2.26. The van der Waals surface area contributed by atoms with E-state index in [9.17, 15) is 23.2 Å². The number of rotatable bonds is 5. The molecular formula is C22H19ClF2N6O4. The number of hydrogen-bond acceptors (Lipinski definition) is 7. The maximum atomic E-state index is 13.6. The molecule has 4 rings (SSSR count). The van der Waals surface area contributed by atoms with Crippen molar-refractivity contribution < 1.29 is 27.9 Å². The largest absolute Gasteiger partial charge is 0.477 e. The van der Waals surface area contributed by atoms with Crippen molar-refractivity contribution in [2.24, 2.45) is 0 Å². The van der Waals surface area contributed by atoms with Crippen LogP contribution in [0.2, 0.25) is 5.02 Å². The maximum Gasteiger partial charge on any atom is 0.268 e. The van der Waals surface area contributed by atoms with E-state index in [0.29, 0.717) is 16.5 Å². The van der Waals surface area contributed by atoms with Crippen LogP contribution in [0.25, 0.3) is 0 Å². The van der Waals surface area contributed by atoms with Gasteiger partial charge >= 0.3 is 0 Å². The fourth-order valence-corrected chi connectivity index (χ4v) is 3.91. The Morgan fingerprint density at radius 3 is 2.91 bits per heavy atom. The van der Waals surface area contributed by atoms with Crippen LogP contribution in [-0.2, 0) is 9.59 Å². The van der Waals surface area contributed by atoms with Gasteiger partial charge in [0.25, 0.3) is 17.7 Å². The number of fused-ring (bicyclic) bond motifs is 1. The molecule has 3 N–H and O–H groups in total. The van der Waals surface area contributed by atoms with Crippen LogP contribution in [0.4, 0.5) is 20.2 Å².